The lowest BCUT2D eigenvalue weighted by atomic mass is 10.1. The zero-order valence-electron chi connectivity index (χ0n) is 15.0. The fourth-order valence-corrected chi connectivity index (χ4v) is 3.54. The van der Waals surface area contributed by atoms with E-state index in [1.54, 1.807) is 6.92 Å². The molecule has 1 aromatic heterocycles. The van der Waals surface area contributed by atoms with Crippen molar-refractivity contribution in [1.82, 2.24) is 9.55 Å². The highest BCUT2D eigenvalue weighted by Crippen LogP contribution is 2.35. The molecule has 0 aromatic carbocycles. The summed E-state index contributed by atoms with van der Waals surface area (Å²) in [5.41, 5.74) is -1.01. The van der Waals surface area contributed by atoms with E-state index in [9.17, 15) is 27.5 Å². The first-order chi connectivity index (χ1) is 12.6. The Morgan fingerprint density at radius 1 is 1.37 bits per heavy atom. The average molecular weight is 394 g/mol. The molecule has 3 atom stereocenters. The maximum absolute atomic E-state index is 14.7. The molecule has 1 fully saturated rings. The van der Waals surface area contributed by atoms with Crippen LogP contribution in [0.3, 0.4) is 0 Å². The topological polar surface area (TPSA) is 70.8 Å². The maximum Gasteiger partial charge on any atom is 0.408 e. The molecule has 27 heavy (non-hydrogen) atoms. The van der Waals surface area contributed by atoms with E-state index in [0.717, 1.165) is 9.47 Å². The fraction of sp³-hybridized carbons (Fsp3) is 0.750. The number of aliphatic hydroxyl groups excluding tert-OH is 1. The van der Waals surface area contributed by atoms with Gasteiger partial charge in [-0.15, -0.1) is 0 Å². The van der Waals surface area contributed by atoms with Crippen molar-refractivity contribution in [2.45, 2.75) is 51.2 Å². The third-order valence-corrected chi connectivity index (χ3v) is 4.81. The lowest BCUT2D eigenvalue weighted by Crippen LogP contribution is -2.55. The second-order valence-electron chi connectivity index (χ2n) is 6.97. The Bertz CT molecular complexity index is 752. The van der Waals surface area contributed by atoms with Crippen molar-refractivity contribution >= 4 is 11.8 Å². The van der Waals surface area contributed by atoms with Crippen LogP contribution in [0.4, 0.5) is 29.3 Å². The van der Waals surface area contributed by atoms with E-state index >= 15 is 0 Å². The summed E-state index contributed by atoms with van der Waals surface area (Å²) < 4.78 is 61.4. The summed E-state index contributed by atoms with van der Waals surface area (Å²) in [7, 11) is 0. The molecule has 3 rings (SSSR count). The van der Waals surface area contributed by atoms with Gasteiger partial charge in [0.05, 0.1) is 25.4 Å². The highest BCUT2D eigenvalue weighted by molar-refractivity contribution is 5.48. The number of aromatic nitrogens is 2. The van der Waals surface area contributed by atoms with Crippen molar-refractivity contribution < 1.29 is 27.4 Å². The van der Waals surface area contributed by atoms with Crippen LogP contribution in [0.5, 0.6) is 0 Å². The van der Waals surface area contributed by atoms with Gasteiger partial charge in [-0.1, -0.05) is 0 Å². The van der Waals surface area contributed by atoms with Crippen LogP contribution in [0.2, 0.25) is 0 Å². The Balaban J connectivity index is 2.12. The molecule has 1 N–H and O–H groups in total. The van der Waals surface area contributed by atoms with Gasteiger partial charge in [-0.3, -0.25) is 9.36 Å². The molecule has 0 saturated carbocycles. The van der Waals surface area contributed by atoms with Gasteiger partial charge < -0.3 is 19.6 Å². The quantitative estimate of drug-likeness (QED) is 0.776. The summed E-state index contributed by atoms with van der Waals surface area (Å²) in [6, 6.07) is -2.19. The Kier molecular flexibility index (Phi) is 5.35. The van der Waals surface area contributed by atoms with Gasteiger partial charge >= 0.3 is 6.18 Å². The fourth-order valence-electron chi connectivity index (χ4n) is 3.54. The maximum atomic E-state index is 14.7. The molecule has 1 aromatic rings. The number of nitrogens with zero attached hydrogens (tertiary/aromatic N) is 4. The predicted octanol–water partition coefficient (Wildman–Crippen LogP) is 1.13. The van der Waals surface area contributed by atoms with E-state index in [4.69, 9.17) is 4.74 Å². The number of fused-ring (bicyclic) bond motifs is 1. The third kappa shape index (κ3) is 3.75. The van der Waals surface area contributed by atoms with E-state index in [1.807, 2.05) is 0 Å². The first-order valence-electron chi connectivity index (χ1n) is 8.77. The van der Waals surface area contributed by atoms with Gasteiger partial charge in [0.25, 0.3) is 5.56 Å². The van der Waals surface area contributed by atoms with Crippen molar-refractivity contribution in [3.63, 3.8) is 0 Å². The number of β-amino-alcohol motifs (C(OH)–C–C–N with tert-alkyl or cyclic N) is 1. The molecule has 3 heterocycles. The molecule has 1 saturated heterocycles. The normalized spacial score (nSPS) is 24.7. The Hall–Kier alpha value is -1.88. The van der Waals surface area contributed by atoms with Crippen LogP contribution < -0.4 is 15.4 Å². The zero-order chi connectivity index (χ0) is 19.9. The van der Waals surface area contributed by atoms with Crippen molar-refractivity contribution in [3.8, 4) is 0 Å². The average Bonchev–Trinajstić information content (AvgIpc) is 2.57. The van der Waals surface area contributed by atoms with Crippen LogP contribution in [0.1, 0.15) is 20.3 Å². The molecule has 0 aliphatic carbocycles. The molecule has 0 radical (unpaired) electrons. The standard InChI is InChI=1S/C16H22F4N4O3/c1-9-8-27-6-5-22(9)13-12(17)14(26)23-4-3-11(16(18,19)20)24(7-10(2)25)15(23)21-13/h9-11,25H,3-8H2,1-2H3/t9-,10+,11+/m1/s1. The van der Waals surface area contributed by atoms with Crippen LogP contribution in [-0.4, -0.2) is 65.3 Å². The second-order valence-corrected chi connectivity index (χ2v) is 6.97. The van der Waals surface area contributed by atoms with Gasteiger partial charge in [0.1, 0.15) is 6.04 Å². The number of morpholine rings is 1. The van der Waals surface area contributed by atoms with E-state index in [0.29, 0.717) is 13.2 Å². The van der Waals surface area contributed by atoms with Crippen molar-refractivity contribution in [2.24, 2.45) is 0 Å². The highest BCUT2D eigenvalue weighted by atomic mass is 19.4. The third-order valence-electron chi connectivity index (χ3n) is 4.81. The Morgan fingerprint density at radius 2 is 2.07 bits per heavy atom. The minimum atomic E-state index is -4.57. The monoisotopic (exact) mass is 394 g/mol. The largest absolute Gasteiger partial charge is 0.408 e. The number of alkyl halides is 3. The number of hydrogen-bond acceptors (Lipinski definition) is 6. The summed E-state index contributed by atoms with van der Waals surface area (Å²) in [6.45, 7) is 3.29. The van der Waals surface area contributed by atoms with Crippen molar-refractivity contribution in [1.29, 1.82) is 0 Å². The van der Waals surface area contributed by atoms with Gasteiger partial charge in [0.2, 0.25) is 11.8 Å². The Labute approximate surface area is 153 Å². The number of halogens is 4. The predicted molar refractivity (Wildman–Crippen MR) is 89.6 cm³/mol. The molecule has 2 aliphatic rings. The van der Waals surface area contributed by atoms with Gasteiger partial charge in [0, 0.05) is 19.6 Å². The molecule has 11 heteroatoms. The van der Waals surface area contributed by atoms with Crippen LogP contribution in [0.25, 0.3) is 0 Å². The van der Waals surface area contributed by atoms with E-state index in [2.05, 4.69) is 4.98 Å². The van der Waals surface area contributed by atoms with Gasteiger partial charge in [0.15, 0.2) is 5.82 Å². The van der Waals surface area contributed by atoms with Crippen molar-refractivity contribution in [2.75, 3.05) is 36.1 Å². The summed E-state index contributed by atoms with van der Waals surface area (Å²) in [5, 5.41) is 9.67. The van der Waals surface area contributed by atoms with Crippen molar-refractivity contribution in [3.05, 3.63) is 16.2 Å². The second kappa shape index (κ2) is 7.27. The number of anilines is 2. The van der Waals surface area contributed by atoms with Crippen LogP contribution in [0, 0.1) is 5.82 Å². The molecule has 2 aliphatic heterocycles. The summed E-state index contributed by atoms with van der Waals surface area (Å²) in [5.74, 6) is -1.64. The number of hydrogen-bond donors (Lipinski definition) is 1. The Morgan fingerprint density at radius 3 is 2.67 bits per heavy atom. The molecule has 0 unspecified atom stereocenters. The van der Waals surface area contributed by atoms with E-state index in [-0.39, 0.29) is 37.4 Å². The minimum absolute atomic E-state index is 0.271. The van der Waals surface area contributed by atoms with Gasteiger partial charge in [-0.2, -0.15) is 22.5 Å². The lowest BCUT2D eigenvalue weighted by Gasteiger charge is -2.41. The number of ether oxygens (including phenoxy) is 1. The molecule has 0 amide bonds. The molecular formula is C16H22F4N4O3. The van der Waals surface area contributed by atoms with E-state index in [1.165, 1.54) is 11.8 Å². The molecule has 0 bridgehead atoms. The minimum Gasteiger partial charge on any atom is -0.392 e. The van der Waals surface area contributed by atoms with Crippen LogP contribution in [-0.2, 0) is 11.3 Å². The molecule has 7 nitrogen and oxygen atoms in total. The van der Waals surface area contributed by atoms with E-state index < -0.39 is 36.1 Å². The molecule has 0 spiro atoms. The summed E-state index contributed by atoms with van der Waals surface area (Å²) in [6.07, 6.45) is -6.08. The van der Waals surface area contributed by atoms with Gasteiger partial charge in [-0.25, -0.2) is 0 Å². The lowest BCUT2D eigenvalue weighted by molar-refractivity contribution is -0.153. The molecule has 152 valence electrons. The first-order valence-corrected chi connectivity index (χ1v) is 8.77. The smallest absolute Gasteiger partial charge is 0.392 e. The number of aliphatic hydroxyl groups is 1. The van der Waals surface area contributed by atoms with Crippen LogP contribution >= 0.6 is 0 Å². The summed E-state index contributed by atoms with van der Waals surface area (Å²) in [4.78, 5) is 19.0. The zero-order valence-corrected chi connectivity index (χ0v) is 15.0. The molecular weight excluding hydrogens is 372 g/mol. The first kappa shape index (κ1) is 19.9. The van der Waals surface area contributed by atoms with Gasteiger partial charge in [-0.05, 0) is 20.3 Å². The van der Waals surface area contributed by atoms with Crippen LogP contribution in [0.15, 0.2) is 4.79 Å². The summed E-state index contributed by atoms with van der Waals surface area (Å²) >= 11 is 0. The highest BCUT2D eigenvalue weighted by Gasteiger charge is 2.47. The number of rotatable bonds is 3. The SMILES string of the molecule is C[C@H](O)CN1c2nc(N3CCOC[C@H]3C)c(F)c(=O)n2CC[C@H]1C(F)(F)F.